The number of ether oxygens (including phenoxy) is 1. The number of halogens is 2. The second kappa shape index (κ2) is 6.80. The predicted molar refractivity (Wildman–Crippen MR) is 74.9 cm³/mol. The SMILES string of the molecule is C=C(/C=C\C(C)=C(/C)C(=O)OC)c1ccc(F)cc1F. The molecule has 0 atom stereocenters. The van der Waals surface area contributed by atoms with E-state index in [0.717, 1.165) is 6.07 Å². The Morgan fingerprint density at radius 3 is 2.45 bits per heavy atom. The molecule has 0 unspecified atom stereocenters. The molecule has 0 aromatic heterocycles. The van der Waals surface area contributed by atoms with Gasteiger partial charge in [-0.1, -0.05) is 18.7 Å². The molecule has 106 valence electrons. The lowest BCUT2D eigenvalue weighted by Gasteiger charge is -2.04. The quantitative estimate of drug-likeness (QED) is 0.472. The summed E-state index contributed by atoms with van der Waals surface area (Å²) < 4.78 is 31.0. The van der Waals surface area contributed by atoms with Gasteiger partial charge in [0.25, 0.3) is 0 Å². The molecule has 0 bridgehead atoms. The van der Waals surface area contributed by atoms with E-state index in [1.54, 1.807) is 26.0 Å². The van der Waals surface area contributed by atoms with E-state index in [0.29, 0.717) is 16.7 Å². The largest absolute Gasteiger partial charge is 0.466 e. The van der Waals surface area contributed by atoms with Gasteiger partial charge in [-0.2, -0.15) is 0 Å². The highest BCUT2D eigenvalue weighted by Gasteiger charge is 2.07. The van der Waals surface area contributed by atoms with E-state index in [-0.39, 0.29) is 5.56 Å². The first kappa shape index (κ1) is 15.8. The van der Waals surface area contributed by atoms with Crippen molar-refractivity contribution in [3.63, 3.8) is 0 Å². The zero-order valence-electron chi connectivity index (χ0n) is 11.7. The average Bonchev–Trinajstić information content (AvgIpc) is 2.42. The minimum absolute atomic E-state index is 0.214. The number of rotatable bonds is 4. The van der Waals surface area contributed by atoms with Crippen LogP contribution in [0.5, 0.6) is 0 Å². The van der Waals surface area contributed by atoms with E-state index < -0.39 is 17.6 Å². The van der Waals surface area contributed by atoms with Crippen molar-refractivity contribution in [1.29, 1.82) is 0 Å². The molecule has 20 heavy (non-hydrogen) atoms. The van der Waals surface area contributed by atoms with Crippen molar-refractivity contribution in [1.82, 2.24) is 0 Å². The summed E-state index contributed by atoms with van der Waals surface area (Å²) in [6.45, 7) is 7.09. The third-order valence-electron chi connectivity index (χ3n) is 2.89. The van der Waals surface area contributed by atoms with Crippen molar-refractivity contribution >= 4 is 11.5 Å². The Balaban J connectivity index is 2.95. The average molecular weight is 278 g/mol. The highest BCUT2D eigenvalue weighted by Crippen LogP contribution is 2.20. The fraction of sp³-hybridized carbons (Fsp3) is 0.188. The summed E-state index contributed by atoms with van der Waals surface area (Å²) in [6, 6.07) is 3.29. The second-order valence-electron chi connectivity index (χ2n) is 4.28. The molecule has 1 rings (SSSR count). The highest BCUT2D eigenvalue weighted by molar-refractivity contribution is 5.89. The number of hydrogen-bond acceptors (Lipinski definition) is 2. The van der Waals surface area contributed by atoms with Crippen molar-refractivity contribution in [2.75, 3.05) is 7.11 Å². The molecule has 0 saturated heterocycles. The molecular formula is C16H16F2O2. The van der Waals surface area contributed by atoms with Gasteiger partial charge in [-0.05, 0) is 37.1 Å². The molecule has 0 heterocycles. The normalized spacial score (nSPS) is 12.2. The lowest BCUT2D eigenvalue weighted by Crippen LogP contribution is -2.03. The van der Waals surface area contributed by atoms with Gasteiger partial charge in [-0.25, -0.2) is 13.6 Å². The van der Waals surface area contributed by atoms with Gasteiger partial charge in [0.15, 0.2) is 0 Å². The van der Waals surface area contributed by atoms with Gasteiger partial charge in [0.1, 0.15) is 11.6 Å². The van der Waals surface area contributed by atoms with Crippen LogP contribution >= 0.6 is 0 Å². The maximum absolute atomic E-state index is 13.5. The molecule has 0 aliphatic heterocycles. The van der Waals surface area contributed by atoms with Crippen molar-refractivity contribution in [3.8, 4) is 0 Å². The number of carbonyl (C=O) groups excluding carboxylic acids is 1. The predicted octanol–water partition coefficient (Wildman–Crippen LogP) is 4.04. The molecule has 1 aromatic rings. The number of allylic oxidation sites excluding steroid dienone is 4. The fourth-order valence-electron chi connectivity index (χ4n) is 1.50. The van der Waals surface area contributed by atoms with Crippen molar-refractivity contribution < 1.29 is 18.3 Å². The third kappa shape index (κ3) is 3.88. The Bertz CT molecular complexity index is 598. The molecule has 0 aliphatic carbocycles. The van der Waals surface area contributed by atoms with Crippen LogP contribution in [-0.2, 0) is 9.53 Å². The molecule has 0 N–H and O–H groups in total. The fourth-order valence-corrected chi connectivity index (χ4v) is 1.50. The zero-order valence-corrected chi connectivity index (χ0v) is 11.7. The molecule has 0 amide bonds. The molecular weight excluding hydrogens is 262 g/mol. The molecule has 0 spiro atoms. The first-order valence-corrected chi connectivity index (χ1v) is 5.95. The molecule has 0 aliphatic rings. The van der Waals surface area contributed by atoms with Crippen molar-refractivity contribution in [2.24, 2.45) is 0 Å². The van der Waals surface area contributed by atoms with Gasteiger partial charge in [-0.3, -0.25) is 0 Å². The molecule has 2 nitrogen and oxygen atoms in total. The Labute approximate surface area is 117 Å². The lowest BCUT2D eigenvalue weighted by atomic mass is 10.0. The van der Waals surface area contributed by atoms with Gasteiger partial charge in [0.05, 0.1) is 7.11 Å². The molecule has 0 fully saturated rings. The van der Waals surface area contributed by atoms with Crippen LogP contribution in [0.3, 0.4) is 0 Å². The maximum atomic E-state index is 13.5. The van der Waals surface area contributed by atoms with Crippen molar-refractivity contribution in [2.45, 2.75) is 13.8 Å². The Morgan fingerprint density at radius 1 is 1.25 bits per heavy atom. The standard InChI is InChI=1S/C16H16F2O2/c1-10(12(3)16(19)20-4)5-6-11(2)14-8-7-13(17)9-15(14)18/h5-9H,2H2,1,3-4H3/b6-5-,12-10+. The zero-order chi connectivity index (χ0) is 15.3. The summed E-state index contributed by atoms with van der Waals surface area (Å²) in [4.78, 5) is 11.3. The first-order chi connectivity index (χ1) is 9.36. The van der Waals surface area contributed by atoms with E-state index in [1.807, 2.05) is 0 Å². The van der Waals surface area contributed by atoms with E-state index in [4.69, 9.17) is 0 Å². The number of carbonyl (C=O) groups is 1. The van der Waals surface area contributed by atoms with Crippen LogP contribution in [0.25, 0.3) is 5.57 Å². The van der Waals surface area contributed by atoms with Crippen molar-refractivity contribution in [3.05, 3.63) is 65.3 Å². The van der Waals surface area contributed by atoms with Gasteiger partial charge in [0, 0.05) is 17.2 Å². The summed E-state index contributed by atoms with van der Waals surface area (Å²) in [5.41, 5.74) is 1.74. The second-order valence-corrected chi connectivity index (χ2v) is 4.28. The van der Waals surface area contributed by atoms with Gasteiger partial charge in [0.2, 0.25) is 0 Å². The number of hydrogen-bond donors (Lipinski definition) is 0. The maximum Gasteiger partial charge on any atom is 0.333 e. The summed E-state index contributed by atoms with van der Waals surface area (Å²) in [5, 5.41) is 0. The number of benzene rings is 1. The van der Waals surface area contributed by atoms with Crippen LogP contribution in [0.2, 0.25) is 0 Å². The van der Waals surface area contributed by atoms with E-state index in [9.17, 15) is 13.6 Å². The summed E-state index contributed by atoms with van der Waals surface area (Å²) in [7, 11) is 1.30. The monoisotopic (exact) mass is 278 g/mol. The van der Waals surface area contributed by atoms with Crippen LogP contribution in [0.1, 0.15) is 19.4 Å². The summed E-state index contributed by atoms with van der Waals surface area (Å²) in [6.07, 6.45) is 3.20. The minimum Gasteiger partial charge on any atom is -0.466 e. The van der Waals surface area contributed by atoms with Crippen LogP contribution < -0.4 is 0 Å². The smallest absolute Gasteiger partial charge is 0.333 e. The Kier molecular flexibility index (Phi) is 5.38. The molecule has 0 saturated carbocycles. The van der Waals surface area contributed by atoms with Gasteiger partial charge < -0.3 is 4.74 Å². The molecule has 4 heteroatoms. The van der Waals surface area contributed by atoms with E-state index >= 15 is 0 Å². The highest BCUT2D eigenvalue weighted by atomic mass is 19.1. The van der Waals surface area contributed by atoms with E-state index in [1.165, 1.54) is 19.2 Å². The molecule has 1 aromatic carbocycles. The van der Waals surface area contributed by atoms with Gasteiger partial charge in [-0.15, -0.1) is 0 Å². The Morgan fingerprint density at radius 2 is 1.90 bits per heavy atom. The lowest BCUT2D eigenvalue weighted by molar-refractivity contribution is -0.136. The minimum atomic E-state index is -0.675. The first-order valence-electron chi connectivity index (χ1n) is 5.95. The van der Waals surface area contributed by atoms with Crippen LogP contribution in [0.4, 0.5) is 8.78 Å². The van der Waals surface area contributed by atoms with Crippen LogP contribution in [0, 0.1) is 11.6 Å². The number of esters is 1. The molecule has 0 radical (unpaired) electrons. The number of methoxy groups -OCH3 is 1. The Hall–Kier alpha value is -2.23. The van der Waals surface area contributed by atoms with Crippen LogP contribution in [-0.4, -0.2) is 13.1 Å². The van der Waals surface area contributed by atoms with Crippen LogP contribution in [0.15, 0.2) is 48.1 Å². The topological polar surface area (TPSA) is 26.3 Å². The third-order valence-corrected chi connectivity index (χ3v) is 2.89. The summed E-state index contributed by atoms with van der Waals surface area (Å²) in [5.74, 6) is -1.74. The van der Waals surface area contributed by atoms with E-state index in [2.05, 4.69) is 11.3 Å². The van der Waals surface area contributed by atoms with Gasteiger partial charge >= 0.3 is 5.97 Å². The summed E-state index contributed by atoms with van der Waals surface area (Å²) >= 11 is 0.